The van der Waals surface area contributed by atoms with Crippen molar-refractivity contribution in [1.29, 1.82) is 0 Å². The molecule has 26 heavy (non-hydrogen) atoms. The molecule has 2 heterocycles. The van der Waals surface area contributed by atoms with Crippen LogP contribution in [0.3, 0.4) is 0 Å². The van der Waals surface area contributed by atoms with Gasteiger partial charge in [0.05, 0.1) is 11.0 Å². The summed E-state index contributed by atoms with van der Waals surface area (Å²) in [6.07, 6.45) is 0.482. The van der Waals surface area contributed by atoms with Gasteiger partial charge in [-0.3, -0.25) is 4.79 Å². The van der Waals surface area contributed by atoms with Crippen LogP contribution in [-0.4, -0.2) is 22.0 Å². The third-order valence-electron chi connectivity index (χ3n) is 4.74. The van der Waals surface area contributed by atoms with Crippen LogP contribution in [0.1, 0.15) is 25.1 Å². The quantitative estimate of drug-likeness (QED) is 0.574. The van der Waals surface area contributed by atoms with Gasteiger partial charge in [-0.25, -0.2) is 4.98 Å². The predicted octanol–water partition coefficient (Wildman–Crippen LogP) is 4.90. The third-order valence-corrected chi connectivity index (χ3v) is 5.27. The molecule has 1 atom stereocenters. The third kappa shape index (κ3) is 3.07. The summed E-state index contributed by atoms with van der Waals surface area (Å²) in [7, 11) is 0. The maximum Gasteiger partial charge on any atom is 0.227 e. The van der Waals surface area contributed by atoms with Crippen molar-refractivity contribution in [2.24, 2.45) is 0 Å². The number of para-hydroxylation sites is 2. The molecule has 1 aromatic heterocycles. The molecular formula is C21H20BrN3O. The number of allylic oxidation sites excluding steroid dienone is 1. The van der Waals surface area contributed by atoms with Gasteiger partial charge in [0.1, 0.15) is 5.82 Å². The second-order valence-corrected chi connectivity index (χ2v) is 7.80. The Balaban J connectivity index is 1.71. The Kier molecular flexibility index (Phi) is 4.41. The van der Waals surface area contributed by atoms with Gasteiger partial charge in [-0.05, 0) is 43.3 Å². The molecule has 1 amide bonds. The number of benzene rings is 2. The lowest BCUT2D eigenvalue weighted by Gasteiger charge is -2.17. The fraction of sp³-hybridized carbons (Fsp3) is 0.238. The zero-order chi connectivity index (χ0) is 18.3. The molecule has 0 radical (unpaired) electrons. The molecule has 1 aliphatic rings. The van der Waals surface area contributed by atoms with Gasteiger partial charge in [0, 0.05) is 35.6 Å². The maximum absolute atomic E-state index is 12.7. The number of fused-ring (bicyclic) bond motifs is 1. The first-order valence-electron chi connectivity index (χ1n) is 8.68. The molecule has 0 bridgehead atoms. The Labute approximate surface area is 161 Å². The van der Waals surface area contributed by atoms with Gasteiger partial charge < -0.3 is 9.47 Å². The van der Waals surface area contributed by atoms with Crippen LogP contribution in [0.15, 0.2) is 65.2 Å². The lowest BCUT2D eigenvalue weighted by atomic mass is 10.1. The van der Waals surface area contributed by atoms with E-state index in [0.29, 0.717) is 13.0 Å². The molecular weight excluding hydrogens is 390 g/mol. The van der Waals surface area contributed by atoms with E-state index in [-0.39, 0.29) is 11.8 Å². The highest BCUT2D eigenvalue weighted by Gasteiger charge is 2.34. The Morgan fingerprint density at radius 3 is 2.69 bits per heavy atom. The average Bonchev–Trinajstić information content (AvgIpc) is 3.16. The van der Waals surface area contributed by atoms with Gasteiger partial charge in [0.25, 0.3) is 0 Å². The first-order chi connectivity index (χ1) is 12.5. The first-order valence-corrected chi connectivity index (χ1v) is 9.47. The number of rotatable bonds is 4. The van der Waals surface area contributed by atoms with Crippen LogP contribution in [0.2, 0.25) is 0 Å². The van der Waals surface area contributed by atoms with Crippen LogP contribution in [0.4, 0.5) is 5.69 Å². The van der Waals surface area contributed by atoms with Crippen molar-refractivity contribution in [3.05, 3.63) is 71.0 Å². The molecule has 1 aliphatic heterocycles. The number of imidazole rings is 1. The highest BCUT2D eigenvalue weighted by atomic mass is 79.9. The van der Waals surface area contributed by atoms with Crippen molar-refractivity contribution >= 4 is 38.6 Å². The molecule has 1 fully saturated rings. The van der Waals surface area contributed by atoms with E-state index in [4.69, 9.17) is 4.98 Å². The van der Waals surface area contributed by atoms with E-state index in [1.807, 2.05) is 54.3 Å². The minimum Gasteiger partial charge on any atom is -0.324 e. The van der Waals surface area contributed by atoms with E-state index >= 15 is 0 Å². The van der Waals surface area contributed by atoms with E-state index in [1.165, 1.54) is 0 Å². The van der Waals surface area contributed by atoms with E-state index in [1.54, 1.807) is 0 Å². The van der Waals surface area contributed by atoms with Crippen molar-refractivity contribution in [2.75, 3.05) is 11.4 Å². The molecule has 4 rings (SSSR count). The zero-order valence-corrected chi connectivity index (χ0v) is 16.2. The molecule has 0 aliphatic carbocycles. The summed E-state index contributed by atoms with van der Waals surface area (Å²) >= 11 is 3.44. The number of nitrogens with zero attached hydrogens (tertiary/aromatic N) is 3. The molecule has 1 unspecified atom stereocenters. The summed E-state index contributed by atoms with van der Waals surface area (Å²) in [6.45, 7) is 7.45. The molecule has 5 heteroatoms. The zero-order valence-electron chi connectivity index (χ0n) is 14.7. The molecule has 4 nitrogen and oxygen atoms in total. The van der Waals surface area contributed by atoms with Crippen LogP contribution in [0.25, 0.3) is 11.0 Å². The van der Waals surface area contributed by atoms with E-state index < -0.39 is 0 Å². The van der Waals surface area contributed by atoms with Crippen LogP contribution < -0.4 is 4.90 Å². The molecule has 2 aromatic carbocycles. The fourth-order valence-corrected chi connectivity index (χ4v) is 3.86. The molecule has 1 saturated heterocycles. The van der Waals surface area contributed by atoms with E-state index in [9.17, 15) is 4.79 Å². The summed E-state index contributed by atoms with van der Waals surface area (Å²) in [5.41, 5.74) is 4.07. The van der Waals surface area contributed by atoms with Crippen LogP contribution in [0.5, 0.6) is 0 Å². The van der Waals surface area contributed by atoms with Gasteiger partial charge in [-0.1, -0.05) is 40.2 Å². The lowest BCUT2D eigenvalue weighted by Crippen LogP contribution is -2.24. The number of carbonyl (C=O) groups excluding carboxylic acids is 1. The average molecular weight is 410 g/mol. The molecule has 3 aromatic rings. The molecule has 0 saturated carbocycles. The number of anilines is 1. The van der Waals surface area contributed by atoms with Gasteiger partial charge in [-0.15, -0.1) is 0 Å². The van der Waals surface area contributed by atoms with Crippen molar-refractivity contribution in [3.8, 4) is 0 Å². The number of amides is 1. The number of hydrogen-bond donors (Lipinski definition) is 0. The molecule has 0 N–H and O–H groups in total. The van der Waals surface area contributed by atoms with Crippen LogP contribution in [0, 0.1) is 0 Å². The summed E-state index contributed by atoms with van der Waals surface area (Å²) in [4.78, 5) is 19.4. The van der Waals surface area contributed by atoms with Crippen molar-refractivity contribution < 1.29 is 4.79 Å². The SMILES string of the molecule is C=C(C)Cn1c(C2CC(=O)N(c3ccc(Br)cc3)C2)nc2ccccc21. The van der Waals surface area contributed by atoms with E-state index in [2.05, 4.69) is 33.1 Å². The normalized spacial score (nSPS) is 17.2. The monoisotopic (exact) mass is 409 g/mol. The Hall–Kier alpha value is -2.40. The van der Waals surface area contributed by atoms with Crippen molar-refractivity contribution in [3.63, 3.8) is 0 Å². The van der Waals surface area contributed by atoms with Crippen molar-refractivity contribution in [2.45, 2.75) is 25.8 Å². The summed E-state index contributed by atoms with van der Waals surface area (Å²) < 4.78 is 3.22. The summed E-state index contributed by atoms with van der Waals surface area (Å²) in [5, 5.41) is 0. The largest absolute Gasteiger partial charge is 0.324 e. The minimum absolute atomic E-state index is 0.0814. The number of halogens is 1. The second kappa shape index (κ2) is 6.72. The standard InChI is InChI=1S/C21H20BrN3O/c1-14(2)12-25-19-6-4-3-5-18(19)23-21(25)15-11-20(26)24(13-15)17-9-7-16(22)8-10-17/h3-10,15H,1,11-13H2,2H3. The highest BCUT2D eigenvalue weighted by molar-refractivity contribution is 9.10. The molecule has 0 spiro atoms. The number of hydrogen-bond acceptors (Lipinski definition) is 2. The van der Waals surface area contributed by atoms with Gasteiger partial charge >= 0.3 is 0 Å². The Morgan fingerprint density at radius 1 is 1.23 bits per heavy atom. The number of aromatic nitrogens is 2. The van der Waals surface area contributed by atoms with Crippen LogP contribution >= 0.6 is 15.9 Å². The van der Waals surface area contributed by atoms with E-state index in [0.717, 1.165) is 39.1 Å². The Morgan fingerprint density at radius 2 is 1.96 bits per heavy atom. The van der Waals surface area contributed by atoms with Crippen molar-refractivity contribution in [1.82, 2.24) is 9.55 Å². The highest BCUT2D eigenvalue weighted by Crippen LogP contribution is 2.33. The smallest absolute Gasteiger partial charge is 0.227 e. The summed E-state index contributed by atoms with van der Waals surface area (Å²) in [5.74, 6) is 1.20. The minimum atomic E-state index is 0.0814. The van der Waals surface area contributed by atoms with Crippen LogP contribution in [-0.2, 0) is 11.3 Å². The van der Waals surface area contributed by atoms with Gasteiger partial charge in [0.2, 0.25) is 5.91 Å². The Bertz CT molecular complexity index is 990. The topological polar surface area (TPSA) is 38.1 Å². The van der Waals surface area contributed by atoms with Gasteiger partial charge in [-0.2, -0.15) is 0 Å². The maximum atomic E-state index is 12.7. The number of carbonyl (C=O) groups is 1. The molecule has 132 valence electrons. The fourth-order valence-electron chi connectivity index (χ4n) is 3.59. The predicted molar refractivity (Wildman–Crippen MR) is 108 cm³/mol. The second-order valence-electron chi connectivity index (χ2n) is 6.88. The summed E-state index contributed by atoms with van der Waals surface area (Å²) in [6, 6.07) is 16.0. The first kappa shape index (κ1) is 17.0. The van der Waals surface area contributed by atoms with Gasteiger partial charge in [0.15, 0.2) is 0 Å². The lowest BCUT2D eigenvalue weighted by molar-refractivity contribution is -0.117.